The number of halogens is 1. The third-order valence-corrected chi connectivity index (χ3v) is 3.71. The maximum Gasteiger partial charge on any atom is 0.213 e. The Hall–Kier alpha value is -3.21. The number of hydrogen-bond acceptors (Lipinski definition) is 4. The first-order chi connectivity index (χ1) is 12.2. The fourth-order valence-corrected chi connectivity index (χ4v) is 2.43. The van der Waals surface area contributed by atoms with Crippen LogP contribution in [0.25, 0.3) is 11.1 Å². The summed E-state index contributed by atoms with van der Waals surface area (Å²) in [6.07, 6.45) is 1.82. The molecule has 126 valence electrons. The monoisotopic (exact) mass is 337 g/mol. The van der Waals surface area contributed by atoms with Crippen molar-refractivity contribution >= 4 is 6.29 Å². The smallest absolute Gasteiger partial charge is 0.213 e. The van der Waals surface area contributed by atoms with Crippen LogP contribution in [-0.4, -0.2) is 18.4 Å². The highest BCUT2D eigenvalue weighted by Gasteiger charge is 2.14. The summed E-state index contributed by atoms with van der Waals surface area (Å²) in [7, 11) is 1.46. The second kappa shape index (κ2) is 7.57. The van der Waals surface area contributed by atoms with Crippen LogP contribution < -0.4 is 9.47 Å². The molecule has 0 radical (unpaired) electrons. The molecule has 0 spiro atoms. The van der Waals surface area contributed by atoms with Crippen LogP contribution in [0.4, 0.5) is 4.39 Å². The lowest BCUT2D eigenvalue weighted by molar-refractivity contribution is 0.112. The van der Waals surface area contributed by atoms with Gasteiger partial charge in [-0.1, -0.05) is 36.4 Å². The third-order valence-electron chi connectivity index (χ3n) is 3.71. The van der Waals surface area contributed by atoms with E-state index in [4.69, 9.17) is 9.47 Å². The maximum atomic E-state index is 14.3. The molecule has 1 heterocycles. The van der Waals surface area contributed by atoms with Crippen molar-refractivity contribution in [3.8, 4) is 22.8 Å². The standard InChI is InChI=1S/C20H16FNO3/c1-24-20-10-17(18(21)11-22-20)16-8-7-15(12-23)9-19(16)25-13-14-5-3-2-4-6-14/h2-12H,13H2,1H3. The molecule has 0 saturated heterocycles. The minimum Gasteiger partial charge on any atom is -0.488 e. The number of pyridine rings is 1. The summed E-state index contributed by atoms with van der Waals surface area (Å²) in [5.74, 6) is 0.217. The Labute approximate surface area is 144 Å². The highest BCUT2D eigenvalue weighted by Crippen LogP contribution is 2.34. The summed E-state index contributed by atoms with van der Waals surface area (Å²) in [6, 6.07) is 16.0. The van der Waals surface area contributed by atoms with Crippen LogP contribution in [0.1, 0.15) is 15.9 Å². The summed E-state index contributed by atoms with van der Waals surface area (Å²) in [6.45, 7) is 0.306. The number of ether oxygens (including phenoxy) is 2. The van der Waals surface area contributed by atoms with Gasteiger partial charge in [0.05, 0.1) is 13.3 Å². The SMILES string of the molecule is COc1cc(-c2ccc(C=O)cc2OCc2ccccc2)c(F)cn1. The van der Waals surface area contributed by atoms with Crippen molar-refractivity contribution in [1.29, 1.82) is 0 Å². The average molecular weight is 337 g/mol. The van der Waals surface area contributed by atoms with E-state index in [-0.39, 0.29) is 0 Å². The lowest BCUT2D eigenvalue weighted by Crippen LogP contribution is -1.99. The first-order valence-electron chi connectivity index (χ1n) is 7.67. The first kappa shape index (κ1) is 16.6. The maximum absolute atomic E-state index is 14.3. The Morgan fingerprint density at radius 2 is 1.88 bits per heavy atom. The van der Waals surface area contributed by atoms with Gasteiger partial charge in [0.25, 0.3) is 0 Å². The summed E-state index contributed by atoms with van der Waals surface area (Å²) in [5, 5.41) is 0. The van der Waals surface area contributed by atoms with E-state index in [1.165, 1.54) is 13.2 Å². The van der Waals surface area contributed by atoms with Crippen LogP contribution >= 0.6 is 0 Å². The van der Waals surface area contributed by atoms with E-state index in [9.17, 15) is 9.18 Å². The van der Waals surface area contributed by atoms with Gasteiger partial charge in [0.2, 0.25) is 5.88 Å². The molecule has 2 aromatic carbocycles. The van der Waals surface area contributed by atoms with Gasteiger partial charge in [-0.25, -0.2) is 9.37 Å². The Morgan fingerprint density at radius 3 is 2.60 bits per heavy atom. The van der Waals surface area contributed by atoms with Crippen molar-refractivity contribution in [2.45, 2.75) is 6.61 Å². The predicted octanol–water partition coefficient (Wildman–Crippen LogP) is 4.29. The molecule has 0 aliphatic heterocycles. The molecule has 3 rings (SSSR count). The molecular formula is C20H16FNO3. The van der Waals surface area contributed by atoms with E-state index in [1.54, 1.807) is 18.2 Å². The Bertz CT molecular complexity index is 881. The molecule has 25 heavy (non-hydrogen) atoms. The molecule has 4 nitrogen and oxygen atoms in total. The molecule has 1 aromatic heterocycles. The van der Waals surface area contributed by atoms with E-state index in [1.807, 2.05) is 30.3 Å². The topological polar surface area (TPSA) is 48.4 Å². The molecule has 3 aromatic rings. The van der Waals surface area contributed by atoms with Crippen LogP contribution in [0, 0.1) is 5.82 Å². The van der Waals surface area contributed by atoms with Gasteiger partial charge in [-0.05, 0) is 17.7 Å². The molecule has 0 bridgehead atoms. The highest BCUT2D eigenvalue weighted by atomic mass is 19.1. The number of hydrogen-bond donors (Lipinski definition) is 0. The van der Waals surface area contributed by atoms with Crippen molar-refractivity contribution in [1.82, 2.24) is 4.98 Å². The molecule has 0 N–H and O–H groups in total. The molecule has 5 heteroatoms. The van der Waals surface area contributed by atoms with E-state index < -0.39 is 5.82 Å². The molecule has 0 amide bonds. The summed E-state index contributed by atoms with van der Waals surface area (Å²) in [4.78, 5) is 14.9. The van der Waals surface area contributed by atoms with Gasteiger partial charge in [0.1, 0.15) is 24.5 Å². The van der Waals surface area contributed by atoms with Crippen molar-refractivity contribution in [2.75, 3.05) is 7.11 Å². The van der Waals surface area contributed by atoms with Crippen LogP contribution in [0.2, 0.25) is 0 Å². The number of methoxy groups -OCH3 is 1. The van der Waals surface area contributed by atoms with Crippen molar-refractivity contribution < 1.29 is 18.7 Å². The lowest BCUT2D eigenvalue weighted by Gasteiger charge is -2.13. The second-order valence-electron chi connectivity index (χ2n) is 5.35. The summed E-state index contributed by atoms with van der Waals surface area (Å²) >= 11 is 0. The van der Waals surface area contributed by atoms with E-state index in [0.717, 1.165) is 18.0 Å². The van der Waals surface area contributed by atoms with E-state index in [0.29, 0.717) is 34.9 Å². The normalized spacial score (nSPS) is 10.3. The zero-order valence-electron chi connectivity index (χ0n) is 13.6. The quantitative estimate of drug-likeness (QED) is 0.630. The molecule has 0 fully saturated rings. The largest absolute Gasteiger partial charge is 0.488 e. The Kier molecular flexibility index (Phi) is 5.04. The van der Waals surface area contributed by atoms with Crippen molar-refractivity contribution in [3.63, 3.8) is 0 Å². The zero-order valence-corrected chi connectivity index (χ0v) is 13.6. The third kappa shape index (κ3) is 3.83. The molecule has 0 aliphatic carbocycles. The van der Waals surface area contributed by atoms with Gasteiger partial charge in [0.15, 0.2) is 0 Å². The van der Waals surface area contributed by atoms with Crippen molar-refractivity contribution in [2.24, 2.45) is 0 Å². The Balaban J connectivity index is 2.00. The van der Waals surface area contributed by atoms with Gasteiger partial charge >= 0.3 is 0 Å². The minimum atomic E-state index is -0.496. The van der Waals surface area contributed by atoms with Crippen LogP contribution in [0.15, 0.2) is 60.8 Å². The van der Waals surface area contributed by atoms with Crippen LogP contribution in [0.5, 0.6) is 11.6 Å². The second-order valence-corrected chi connectivity index (χ2v) is 5.35. The number of benzene rings is 2. The fraction of sp³-hybridized carbons (Fsp3) is 0.100. The molecular weight excluding hydrogens is 321 g/mol. The average Bonchev–Trinajstić information content (AvgIpc) is 2.67. The van der Waals surface area contributed by atoms with Gasteiger partial charge in [-0.15, -0.1) is 0 Å². The number of aldehydes is 1. The van der Waals surface area contributed by atoms with E-state index >= 15 is 0 Å². The molecule has 0 atom stereocenters. The molecule has 0 aliphatic rings. The number of carbonyl (C=O) groups is 1. The highest BCUT2D eigenvalue weighted by molar-refractivity contribution is 5.80. The number of aromatic nitrogens is 1. The Morgan fingerprint density at radius 1 is 1.08 bits per heavy atom. The summed E-state index contributed by atoms with van der Waals surface area (Å²) in [5.41, 5.74) is 2.25. The van der Waals surface area contributed by atoms with Gasteiger partial charge in [0, 0.05) is 22.8 Å². The minimum absolute atomic E-state index is 0.296. The van der Waals surface area contributed by atoms with Crippen LogP contribution in [-0.2, 0) is 6.61 Å². The van der Waals surface area contributed by atoms with E-state index in [2.05, 4.69) is 4.98 Å². The first-order valence-corrected chi connectivity index (χ1v) is 7.67. The lowest BCUT2D eigenvalue weighted by atomic mass is 10.0. The zero-order chi connectivity index (χ0) is 17.6. The summed E-state index contributed by atoms with van der Waals surface area (Å²) < 4.78 is 25.2. The number of nitrogens with zero attached hydrogens (tertiary/aromatic N) is 1. The molecule has 0 unspecified atom stereocenters. The number of rotatable bonds is 6. The molecule has 0 saturated carbocycles. The van der Waals surface area contributed by atoms with Crippen LogP contribution in [0.3, 0.4) is 0 Å². The van der Waals surface area contributed by atoms with Gasteiger partial charge in [-0.2, -0.15) is 0 Å². The van der Waals surface area contributed by atoms with Crippen molar-refractivity contribution in [3.05, 3.63) is 77.7 Å². The van der Waals surface area contributed by atoms with Gasteiger partial charge < -0.3 is 9.47 Å². The number of carbonyl (C=O) groups excluding carboxylic acids is 1. The van der Waals surface area contributed by atoms with Gasteiger partial charge in [-0.3, -0.25) is 4.79 Å². The fourth-order valence-electron chi connectivity index (χ4n) is 2.43. The predicted molar refractivity (Wildman–Crippen MR) is 92.3 cm³/mol.